The van der Waals surface area contributed by atoms with Crippen LogP contribution >= 0.6 is 11.8 Å². The molecule has 16 heavy (non-hydrogen) atoms. The molecule has 0 amide bonds. The van der Waals surface area contributed by atoms with Crippen LogP contribution in [-0.4, -0.2) is 26.1 Å². The number of rotatable bonds is 1. The summed E-state index contributed by atoms with van der Waals surface area (Å²) in [4.78, 5) is 4.26. The fraction of sp³-hybridized carbons (Fsp3) is 0.455. The zero-order valence-electron chi connectivity index (χ0n) is 8.97. The van der Waals surface area contributed by atoms with Gasteiger partial charge in [-0.15, -0.1) is 0 Å². The molecule has 1 fully saturated rings. The van der Waals surface area contributed by atoms with Crippen LogP contribution in [0, 0.1) is 0 Å². The smallest absolute Gasteiger partial charge is 0.178 e. The number of anilines is 1. The fourth-order valence-corrected chi connectivity index (χ4v) is 3.33. The molecule has 1 aliphatic heterocycles. The van der Waals surface area contributed by atoms with Crippen LogP contribution in [0.3, 0.4) is 0 Å². The molecule has 1 aliphatic rings. The van der Waals surface area contributed by atoms with E-state index in [1.165, 1.54) is 18.6 Å². The highest BCUT2D eigenvalue weighted by atomic mass is 32.2. The lowest BCUT2D eigenvalue weighted by atomic mass is 10.0. The van der Waals surface area contributed by atoms with E-state index >= 15 is 0 Å². The van der Waals surface area contributed by atoms with E-state index in [0.29, 0.717) is 5.92 Å². The van der Waals surface area contributed by atoms with Gasteiger partial charge in [0.05, 0.1) is 5.69 Å². The predicted molar refractivity (Wildman–Crippen MR) is 66.7 cm³/mol. The molecule has 1 atom stereocenters. The zero-order chi connectivity index (χ0) is 11.0. The van der Waals surface area contributed by atoms with Gasteiger partial charge in [0.15, 0.2) is 5.65 Å². The molecule has 84 valence electrons. The summed E-state index contributed by atoms with van der Waals surface area (Å²) in [7, 11) is 0. The van der Waals surface area contributed by atoms with Gasteiger partial charge in [-0.3, -0.25) is 0 Å². The molecule has 0 aliphatic carbocycles. The van der Waals surface area contributed by atoms with Gasteiger partial charge in [0.1, 0.15) is 5.69 Å². The summed E-state index contributed by atoms with van der Waals surface area (Å²) < 4.78 is 1.78. The Bertz CT molecular complexity index is 502. The molecule has 1 saturated heterocycles. The summed E-state index contributed by atoms with van der Waals surface area (Å²) in [6.45, 7) is 0. The van der Waals surface area contributed by atoms with Crippen molar-refractivity contribution in [1.29, 1.82) is 0 Å². The Balaban J connectivity index is 2.05. The molecule has 4 nitrogen and oxygen atoms in total. The van der Waals surface area contributed by atoms with Gasteiger partial charge in [-0.05, 0) is 24.7 Å². The SMILES string of the molecule is Nc1c(C2CCCSC2)nn2cccnc12. The molecule has 3 rings (SSSR count). The second kappa shape index (κ2) is 3.97. The average Bonchev–Trinajstić information content (AvgIpc) is 2.69. The van der Waals surface area contributed by atoms with Crippen LogP contribution in [0.2, 0.25) is 0 Å². The normalized spacial score (nSPS) is 21.4. The van der Waals surface area contributed by atoms with Crippen molar-refractivity contribution < 1.29 is 0 Å². The third kappa shape index (κ3) is 1.55. The van der Waals surface area contributed by atoms with Gasteiger partial charge in [-0.25, -0.2) is 9.50 Å². The lowest BCUT2D eigenvalue weighted by molar-refractivity contribution is 0.637. The lowest BCUT2D eigenvalue weighted by Crippen LogP contribution is -2.10. The maximum atomic E-state index is 6.11. The van der Waals surface area contributed by atoms with Gasteiger partial charge in [0.2, 0.25) is 0 Å². The van der Waals surface area contributed by atoms with Gasteiger partial charge in [-0.1, -0.05) is 0 Å². The van der Waals surface area contributed by atoms with E-state index in [9.17, 15) is 0 Å². The van der Waals surface area contributed by atoms with E-state index in [0.717, 1.165) is 22.8 Å². The topological polar surface area (TPSA) is 56.2 Å². The molecule has 1 unspecified atom stereocenters. The minimum atomic E-state index is 0.500. The van der Waals surface area contributed by atoms with Crippen molar-refractivity contribution >= 4 is 23.1 Å². The van der Waals surface area contributed by atoms with Crippen molar-refractivity contribution in [3.05, 3.63) is 24.2 Å². The van der Waals surface area contributed by atoms with Crippen molar-refractivity contribution in [2.75, 3.05) is 17.2 Å². The van der Waals surface area contributed by atoms with Crippen LogP contribution in [0.4, 0.5) is 5.69 Å². The number of nitrogen functional groups attached to an aromatic ring is 1. The molecule has 0 radical (unpaired) electrons. The molecular formula is C11H14N4S. The van der Waals surface area contributed by atoms with E-state index in [2.05, 4.69) is 10.1 Å². The van der Waals surface area contributed by atoms with Crippen LogP contribution in [0.1, 0.15) is 24.5 Å². The first-order valence-corrected chi connectivity index (χ1v) is 6.68. The molecular weight excluding hydrogens is 220 g/mol. The Morgan fingerprint density at radius 1 is 1.50 bits per heavy atom. The van der Waals surface area contributed by atoms with E-state index in [4.69, 9.17) is 5.73 Å². The van der Waals surface area contributed by atoms with Crippen molar-refractivity contribution in [1.82, 2.24) is 14.6 Å². The summed E-state index contributed by atoms with van der Waals surface area (Å²) >= 11 is 1.99. The monoisotopic (exact) mass is 234 g/mol. The molecule has 2 aromatic heterocycles. The van der Waals surface area contributed by atoms with Gasteiger partial charge in [0, 0.05) is 24.1 Å². The summed E-state index contributed by atoms with van der Waals surface area (Å²) in [5, 5.41) is 4.55. The molecule has 0 saturated carbocycles. The van der Waals surface area contributed by atoms with Crippen molar-refractivity contribution in [3.63, 3.8) is 0 Å². The Morgan fingerprint density at radius 2 is 2.44 bits per heavy atom. The first kappa shape index (κ1) is 9.96. The molecule has 3 heterocycles. The van der Waals surface area contributed by atoms with E-state index in [-0.39, 0.29) is 0 Å². The fourth-order valence-electron chi connectivity index (χ4n) is 2.18. The molecule has 0 bridgehead atoms. The largest absolute Gasteiger partial charge is 0.394 e. The van der Waals surface area contributed by atoms with Crippen LogP contribution < -0.4 is 5.73 Å². The number of hydrogen-bond donors (Lipinski definition) is 1. The van der Waals surface area contributed by atoms with Crippen molar-refractivity contribution in [2.24, 2.45) is 0 Å². The highest BCUT2D eigenvalue weighted by molar-refractivity contribution is 7.99. The molecule has 2 aromatic rings. The lowest BCUT2D eigenvalue weighted by Gasteiger charge is -2.19. The van der Waals surface area contributed by atoms with Crippen molar-refractivity contribution in [2.45, 2.75) is 18.8 Å². The van der Waals surface area contributed by atoms with E-state index in [1.54, 1.807) is 10.7 Å². The first-order chi connectivity index (χ1) is 7.86. The van der Waals surface area contributed by atoms with Gasteiger partial charge >= 0.3 is 0 Å². The van der Waals surface area contributed by atoms with Crippen LogP contribution in [-0.2, 0) is 0 Å². The third-order valence-electron chi connectivity index (χ3n) is 3.01. The number of hydrogen-bond acceptors (Lipinski definition) is 4. The molecule has 2 N–H and O–H groups in total. The quantitative estimate of drug-likeness (QED) is 0.819. The third-order valence-corrected chi connectivity index (χ3v) is 4.22. The summed E-state index contributed by atoms with van der Waals surface area (Å²) in [5.74, 6) is 2.90. The Labute approximate surface area is 98.2 Å². The number of nitrogens with zero attached hydrogens (tertiary/aromatic N) is 3. The predicted octanol–water partition coefficient (Wildman–Crippen LogP) is 1.92. The molecule has 5 heteroatoms. The van der Waals surface area contributed by atoms with E-state index in [1.807, 2.05) is 24.0 Å². The van der Waals surface area contributed by atoms with Gasteiger partial charge < -0.3 is 5.73 Å². The zero-order valence-corrected chi connectivity index (χ0v) is 9.78. The maximum Gasteiger partial charge on any atom is 0.178 e. The van der Waals surface area contributed by atoms with E-state index < -0.39 is 0 Å². The summed E-state index contributed by atoms with van der Waals surface area (Å²) in [6.07, 6.45) is 6.11. The highest BCUT2D eigenvalue weighted by Crippen LogP contribution is 2.34. The van der Waals surface area contributed by atoms with Crippen LogP contribution in [0.25, 0.3) is 5.65 Å². The second-order valence-corrected chi connectivity index (χ2v) is 5.25. The van der Waals surface area contributed by atoms with Gasteiger partial charge in [0.25, 0.3) is 0 Å². The Morgan fingerprint density at radius 3 is 3.19 bits per heavy atom. The maximum absolute atomic E-state index is 6.11. The van der Waals surface area contributed by atoms with Gasteiger partial charge in [-0.2, -0.15) is 16.9 Å². The van der Waals surface area contributed by atoms with Crippen LogP contribution in [0.5, 0.6) is 0 Å². The number of fused-ring (bicyclic) bond motifs is 1. The number of aromatic nitrogens is 3. The Hall–Kier alpha value is -1.23. The summed E-state index contributed by atoms with van der Waals surface area (Å²) in [5.41, 5.74) is 8.69. The first-order valence-electron chi connectivity index (χ1n) is 5.53. The summed E-state index contributed by atoms with van der Waals surface area (Å²) in [6, 6.07) is 1.87. The van der Waals surface area contributed by atoms with Crippen LogP contribution in [0.15, 0.2) is 18.5 Å². The molecule has 0 aromatic carbocycles. The standard InChI is InChI=1S/C11H14N4S/c12-9-10(8-3-1-6-16-7-8)14-15-5-2-4-13-11(9)15/h2,4-5,8H,1,3,6-7,12H2. The average molecular weight is 234 g/mol. The number of thioether (sulfide) groups is 1. The molecule has 0 spiro atoms. The Kier molecular flexibility index (Phi) is 2.47. The highest BCUT2D eigenvalue weighted by Gasteiger charge is 2.22. The minimum Gasteiger partial charge on any atom is -0.394 e. The number of nitrogens with two attached hydrogens (primary N) is 1. The minimum absolute atomic E-state index is 0.500. The van der Waals surface area contributed by atoms with Crippen molar-refractivity contribution in [3.8, 4) is 0 Å². The second-order valence-electron chi connectivity index (χ2n) is 4.10.